The molecule has 0 aliphatic rings. The van der Waals surface area contributed by atoms with Gasteiger partial charge in [0.25, 0.3) is 5.69 Å². The number of benzene rings is 2. The highest BCUT2D eigenvalue weighted by Crippen LogP contribution is 2.26. The summed E-state index contributed by atoms with van der Waals surface area (Å²) in [5.41, 5.74) is 2.06. The van der Waals surface area contributed by atoms with Crippen molar-refractivity contribution >= 4 is 29.4 Å². The molecule has 9 nitrogen and oxygen atoms in total. The van der Waals surface area contributed by atoms with E-state index in [4.69, 9.17) is 5.10 Å². The van der Waals surface area contributed by atoms with Gasteiger partial charge in [-0.2, -0.15) is 5.10 Å². The van der Waals surface area contributed by atoms with Gasteiger partial charge in [0.1, 0.15) is 12.4 Å². The molecular weight excluding hydrogens is 458 g/mol. The van der Waals surface area contributed by atoms with Gasteiger partial charge in [-0.1, -0.05) is 45.9 Å². The fraction of sp³-hybridized carbons (Fsp3) is 0.296. The number of rotatable bonds is 9. The monoisotopic (exact) mass is 489 g/mol. The van der Waals surface area contributed by atoms with Crippen molar-refractivity contribution in [2.75, 3.05) is 18.4 Å². The zero-order valence-corrected chi connectivity index (χ0v) is 21.0. The molecule has 2 aromatic carbocycles. The number of para-hydroxylation sites is 1. The Labute approximate surface area is 210 Å². The van der Waals surface area contributed by atoms with Crippen LogP contribution in [0.15, 0.2) is 66.7 Å². The number of hydrogen-bond acceptors (Lipinski definition) is 5. The molecule has 0 atom stereocenters. The Morgan fingerprint density at radius 3 is 2.36 bits per heavy atom. The van der Waals surface area contributed by atoms with E-state index in [1.54, 1.807) is 22.9 Å². The fourth-order valence-corrected chi connectivity index (χ4v) is 3.48. The largest absolute Gasteiger partial charge is 0.330 e. The molecule has 0 bridgehead atoms. The van der Waals surface area contributed by atoms with Crippen molar-refractivity contribution in [3.63, 3.8) is 0 Å². The van der Waals surface area contributed by atoms with Gasteiger partial charge in [0.2, 0.25) is 11.8 Å². The molecule has 2 amide bonds. The van der Waals surface area contributed by atoms with E-state index in [9.17, 15) is 19.7 Å². The normalized spacial score (nSPS) is 11.4. The maximum Gasteiger partial charge on any atom is 0.269 e. The van der Waals surface area contributed by atoms with E-state index in [1.165, 1.54) is 23.1 Å². The third-order valence-electron chi connectivity index (χ3n) is 5.41. The van der Waals surface area contributed by atoms with E-state index >= 15 is 0 Å². The van der Waals surface area contributed by atoms with Gasteiger partial charge in [0.05, 0.1) is 16.3 Å². The number of nitro groups is 1. The van der Waals surface area contributed by atoms with Gasteiger partial charge in [0.15, 0.2) is 0 Å². The Kier molecular flexibility index (Phi) is 8.37. The topological polar surface area (TPSA) is 110 Å². The van der Waals surface area contributed by atoms with Crippen LogP contribution in [0, 0.1) is 10.1 Å². The number of aromatic nitrogens is 2. The molecule has 0 aliphatic carbocycles. The molecule has 3 rings (SSSR count). The molecule has 0 spiro atoms. The van der Waals surface area contributed by atoms with Crippen LogP contribution in [0.1, 0.15) is 45.4 Å². The summed E-state index contributed by atoms with van der Waals surface area (Å²) in [6.45, 7) is 8.36. The minimum Gasteiger partial charge on any atom is -0.330 e. The summed E-state index contributed by atoms with van der Waals surface area (Å²) in [4.78, 5) is 37.6. The number of carbonyl (C=O) groups excluding carboxylic acids is 2. The number of non-ortho nitro benzene ring substituents is 1. The average Bonchev–Trinajstić information content (AvgIpc) is 3.27. The SMILES string of the molecule is CCCN(CC(=O)Nc1cc(C(C)(C)C)nn1-c1ccccc1)C(=O)C=Cc1ccc([N+](=O)[O-])cc1. The van der Waals surface area contributed by atoms with Gasteiger partial charge in [-0.05, 0) is 42.3 Å². The predicted octanol–water partition coefficient (Wildman–Crippen LogP) is 4.97. The molecule has 0 fully saturated rings. The van der Waals surface area contributed by atoms with Crippen LogP contribution in [-0.2, 0) is 15.0 Å². The number of carbonyl (C=O) groups is 2. The average molecular weight is 490 g/mol. The van der Waals surface area contributed by atoms with E-state index in [2.05, 4.69) is 26.1 Å². The van der Waals surface area contributed by atoms with Gasteiger partial charge in [-0.25, -0.2) is 4.68 Å². The Morgan fingerprint density at radius 2 is 1.78 bits per heavy atom. The van der Waals surface area contributed by atoms with Gasteiger partial charge in [-0.15, -0.1) is 0 Å². The first kappa shape index (κ1) is 26.3. The van der Waals surface area contributed by atoms with E-state index in [0.29, 0.717) is 24.3 Å². The lowest BCUT2D eigenvalue weighted by atomic mass is 9.92. The maximum atomic E-state index is 13.0. The van der Waals surface area contributed by atoms with Crippen LogP contribution in [0.25, 0.3) is 11.8 Å². The lowest BCUT2D eigenvalue weighted by Gasteiger charge is -2.20. The lowest BCUT2D eigenvalue weighted by Crippen LogP contribution is -2.37. The molecule has 1 heterocycles. The summed E-state index contributed by atoms with van der Waals surface area (Å²) in [6, 6.07) is 17.3. The zero-order chi connectivity index (χ0) is 26.3. The smallest absolute Gasteiger partial charge is 0.269 e. The number of amides is 2. The van der Waals surface area contributed by atoms with E-state index in [1.807, 2.05) is 43.3 Å². The molecule has 1 N–H and O–H groups in total. The summed E-state index contributed by atoms with van der Waals surface area (Å²) in [5.74, 6) is -0.128. The first-order valence-electron chi connectivity index (χ1n) is 11.8. The van der Waals surface area contributed by atoms with Crippen molar-refractivity contribution in [1.82, 2.24) is 14.7 Å². The van der Waals surface area contributed by atoms with Crippen molar-refractivity contribution in [3.8, 4) is 5.69 Å². The van der Waals surface area contributed by atoms with Gasteiger partial charge in [0, 0.05) is 36.2 Å². The van der Waals surface area contributed by atoms with Gasteiger partial charge < -0.3 is 10.2 Å². The quantitative estimate of drug-likeness (QED) is 0.259. The number of nitro benzene ring substituents is 1. The highest BCUT2D eigenvalue weighted by Gasteiger charge is 2.22. The second-order valence-electron chi connectivity index (χ2n) is 9.40. The van der Waals surface area contributed by atoms with Crippen LogP contribution in [0.4, 0.5) is 11.5 Å². The molecule has 0 radical (unpaired) electrons. The van der Waals surface area contributed by atoms with E-state index < -0.39 is 4.92 Å². The van der Waals surface area contributed by atoms with Crippen LogP contribution in [0.3, 0.4) is 0 Å². The predicted molar refractivity (Wildman–Crippen MR) is 140 cm³/mol. The maximum absolute atomic E-state index is 13.0. The third-order valence-corrected chi connectivity index (χ3v) is 5.41. The molecular formula is C27H31N5O4. The number of nitrogens with zero attached hydrogens (tertiary/aromatic N) is 4. The first-order chi connectivity index (χ1) is 17.1. The summed E-state index contributed by atoms with van der Waals surface area (Å²) >= 11 is 0. The Hall–Kier alpha value is -4.27. The molecule has 0 saturated heterocycles. The highest BCUT2D eigenvalue weighted by atomic mass is 16.6. The van der Waals surface area contributed by atoms with Crippen LogP contribution in [-0.4, -0.2) is 44.5 Å². The molecule has 0 unspecified atom stereocenters. The van der Waals surface area contributed by atoms with Crippen LogP contribution in [0.2, 0.25) is 0 Å². The number of anilines is 1. The molecule has 36 heavy (non-hydrogen) atoms. The number of nitrogens with one attached hydrogen (secondary N) is 1. The van der Waals surface area contributed by atoms with Crippen LogP contribution in [0.5, 0.6) is 0 Å². The summed E-state index contributed by atoms with van der Waals surface area (Å²) in [5, 5.41) is 18.4. The minimum atomic E-state index is -0.478. The summed E-state index contributed by atoms with van der Waals surface area (Å²) < 4.78 is 1.69. The molecule has 0 saturated carbocycles. The van der Waals surface area contributed by atoms with Gasteiger partial charge in [-0.3, -0.25) is 19.7 Å². The molecule has 3 aromatic rings. The van der Waals surface area contributed by atoms with Crippen molar-refractivity contribution in [2.24, 2.45) is 0 Å². The fourth-order valence-electron chi connectivity index (χ4n) is 3.48. The van der Waals surface area contributed by atoms with Gasteiger partial charge >= 0.3 is 0 Å². The van der Waals surface area contributed by atoms with Crippen molar-refractivity contribution in [1.29, 1.82) is 0 Å². The highest BCUT2D eigenvalue weighted by molar-refractivity contribution is 5.97. The summed E-state index contributed by atoms with van der Waals surface area (Å²) in [6.07, 6.45) is 3.63. The Bertz CT molecular complexity index is 1240. The first-order valence-corrected chi connectivity index (χ1v) is 11.8. The zero-order valence-electron chi connectivity index (χ0n) is 21.0. The second kappa shape index (κ2) is 11.4. The Morgan fingerprint density at radius 1 is 1.11 bits per heavy atom. The molecule has 9 heteroatoms. The second-order valence-corrected chi connectivity index (χ2v) is 9.40. The molecule has 0 aliphatic heterocycles. The van der Waals surface area contributed by atoms with Crippen molar-refractivity contribution in [3.05, 3.63) is 88.1 Å². The Balaban J connectivity index is 1.75. The molecule has 1 aromatic heterocycles. The van der Waals surface area contributed by atoms with E-state index in [0.717, 1.165) is 11.4 Å². The molecule has 188 valence electrons. The summed E-state index contributed by atoms with van der Waals surface area (Å²) in [7, 11) is 0. The third kappa shape index (κ3) is 6.88. The minimum absolute atomic E-state index is 0.0212. The standard InChI is InChI=1S/C27H31N5O4/c1-5-17-30(26(34)16-13-20-11-14-22(15-12-20)32(35)36)19-25(33)28-24-18-23(27(2,3)4)29-31(24)21-9-7-6-8-10-21/h6-16,18H,5,17,19H2,1-4H3,(H,28,33). The van der Waals surface area contributed by atoms with Crippen molar-refractivity contribution < 1.29 is 14.5 Å². The number of hydrogen-bond donors (Lipinski definition) is 1. The van der Waals surface area contributed by atoms with Crippen LogP contribution < -0.4 is 5.32 Å². The lowest BCUT2D eigenvalue weighted by molar-refractivity contribution is -0.384. The van der Waals surface area contributed by atoms with Crippen molar-refractivity contribution in [2.45, 2.75) is 39.5 Å². The van der Waals surface area contributed by atoms with Crippen LogP contribution >= 0.6 is 0 Å². The van der Waals surface area contributed by atoms with E-state index in [-0.39, 0.29) is 29.5 Å².